The normalized spacial score (nSPS) is 17.4. The van der Waals surface area contributed by atoms with E-state index in [1.165, 1.54) is 18.2 Å². The standard InChI is InChI=1S/C17H16ClF3N2O4S2/c18-15-3-1-2-4-16(15)29(26,27)23-11-9-22(10-12-23)28(24,25)14-7-5-13(6-8-14)17(19,20)21/h1-8H,9-12H2. The van der Waals surface area contributed by atoms with Gasteiger partial charge >= 0.3 is 6.18 Å². The molecule has 0 amide bonds. The van der Waals surface area contributed by atoms with E-state index < -0.39 is 31.8 Å². The number of hydrogen-bond donors (Lipinski definition) is 0. The predicted octanol–water partition coefficient (Wildman–Crippen LogP) is 3.05. The lowest BCUT2D eigenvalue weighted by Crippen LogP contribution is -2.50. The van der Waals surface area contributed by atoms with Crippen molar-refractivity contribution in [2.75, 3.05) is 26.2 Å². The maximum atomic E-state index is 12.7. The summed E-state index contributed by atoms with van der Waals surface area (Å²) in [6.07, 6.45) is -4.57. The maximum absolute atomic E-state index is 12.7. The zero-order valence-electron chi connectivity index (χ0n) is 14.8. The van der Waals surface area contributed by atoms with Crippen LogP contribution in [0.3, 0.4) is 0 Å². The molecule has 6 nitrogen and oxygen atoms in total. The van der Waals surface area contributed by atoms with Crippen LogP contribution >= 0.6 is 11.6 Å². The highest BCUT2D eigenvalue weighted by molar-refractivity contribution is 7.89. The zero-order valence-corrected chi connectivity index (χ0v) is 17.2. The Labute approximate surface area is 171 Å². The van der Waals surface area contributed by atoms with Gasteiger partial charge in [-0.3, -0.25) is 0 Å². The average Bonchev–Trinajstić information content (AvgIpc) is 2.67. The van der Waals surface area contributed by atoms with Crippen molar-refractivity contribution in [2.24, 2.45) is 0 Å². The molecule has 0 bridgehead atoms. The molecule has 0 unspecified atom stereocenters. The van der Waals surface area contributed by atoms with Crippen LogP contribution in [0.15, 0.2) is 58.3 Å². The summed E-state index contributed by atoms with van der Waals surface area (Å²) >= 11 is 5.96. The Hall–Kier alpha value is -1.66. The van der Waals surface area contributed by atoms with Crippen LogP contribution in [0, 0.1) is 0 Å². The molecule has 2 aromatic carbocycles. The van der Waals surface area contributed by atoms with Gasteiger partial charge in [0.2, 0.25) is 20.0 Å². The van der Waals surface area contributed by atoms with Crippen LogP contribution < -0.4 is 0 Å². The summed E-state index contributed by atoms with van der Waals surface area (Å²) in [5, 5.41) is 0.0623. The number of benzene rings is 2. The number of piperazine rings is 1. The molecule has 1 aliphatic heterocycles. The molecule has 2 aromatic rings. The minimum absolute atomic E-state index is 0.0623. The van der Waals surface area contributed by atoms with Gasteiger partial charge in [-0.1, -0.05) is 23.7 Å². The minimum Gasteiger partial charge on any atom is -0.207 e. The van der Waals surface area contributed by atoms with Gasteiger partial charge in [-0.15, -0.1) is 0 Å². The lowest BCUT2D eigenvalue weighted by molar-refractivity contribution is -0.137. The van der Waals surface area contributed by atoms with E-state index in [0.29, 0.717) is 12.1 Å². The Kier molecular flexibility index (Phi) is 5.98. The lowest BCUT2D eigenvalue weighted by Gasteiger charge is -2.33. The van der Waals surface area contributed by atoms with Crippen LogP contribution in [0.5, 0.6) is 0 Å². The Balaban J connectivity index is 1.75. The molecule has 3 rings (SSSR count). The van der Waals surface area contributed by atoms with Gasteiger partial charge in [0.25, 0.3) is 0 Å². The molecule has 158 valence electrons. The largest absolute Gasteiger partial charge is 0.416 e. The summed E-state index contributed by atoms with van der Waals surface area (Å²) in [6, 6.07) is 9.12. The van der Waals surface area contributed by atoms with Crippen LogP contribution in [-0.4, -0.2) is 51.6 Å². The number of halogens is 4. The molecule has 0 spiro atoms. The fourth-order valence-corrected chi connectivity index (χ4v) is 6.25. The molecule has 1 fully saturated rings. The zero-order chi connectivity index (χ0) is 21.4. The fourth-order valence-electron chi connectivity index (χ4n) is 2.91. The fraction of sp³-hybridized carbons (Fsp3) is 0.294. The molecule has 0 aromatic heterocycles. The quantitative estimate of drug-likeness (QED) is 0.691. The van der Waals surface area contributed by atoms with Gasteiger partial charge in [-0.25, -0.2) is 16.8 Å². The van der Waals surface area contributed by atoms with Gasteiger partial charge in [0.15, 0.2) is 0 Å². The molecule has 0 N–H and O–H groups in total. The SMILES string of the molecule is O=S(=O)(c1ccc(C(F)(F)F)cc1)N1CCN(S(=O)(=O)c2ccccc2Cl)CC1. The summed E-state index contributed by atoms with van der Waals surface area (Å²) in [5.74, 6) is 0. The van der Waals surface area contributed by atoms with Gasteiger partial charge in [-0.05, 0) is 36.4 Å². The molecule has 1 aliphatic rings. The molecule has 0 saturated carbocycles. The Morgan fingerprint density at radius 2 is 1.24 bits per heavy atom. The maximum Gasteiger partial charge on any atom is 0.416 e. The number of nitrogens with zero attached hydrogens (tertiary/aromatic N) is 2. The Bertz CT molecular complexity index is 1100. The monoisotopic (exact) mass is 468 g/mol. The van der Waals surface area contributed by atoms with E-state index in [1.54, 1.807) is 6.07 Å². The first-order valence-electron chi connectivity index (χ1n) is 8.36. The van der Waals surface area contributed by atoms with Crippen molar-refractivity contribution in [3.05, 3.63) is 59.1 Å². The third-order valence-corrected chi connectivity index (χ3v) is 8.78. The molecule has 1 heterocycles. The molecule has 0 aliphatic carbocycles. The topological polar surface area (TPSA) is 74.8 Å². The van der Waals surface area contributed by atoms with E-state index in [9.17, 15) is 30.0 Å². The van der Waals surface area contributed by atoms with Crippen molar-refractivity contribution >= 4 is 31.6 Å². The summed E-state index contributed by atoms with van der Waals surface area (Å²) in [7, 11) is -7.94. The van der Waals surface area contributed by atoms with E-state index in [-0.39, 0.29) is 41.0 Å². The number of sulfonamides is 2. The third-order valence-electron chi connectivity index (χ3n) is 4.47. The van der Waals surface area contributed by atoms with Crippen LogP contribution in [0.2, 0.25) is 5.02 Å². The Morgan fingerprint density at radius 1 is 0.759 bits per heavy atom. The minimum atomic E-state index is -4.57. The number of hydrogen-bond acceptors (Lipinski definition) is 4. The van der Waals surface area contributed by atoms with E-state index >= 15 is 0 Å². The molecular formula is C17H16ClF3N2O4S2. The van der Waals surface area contributed by atoms with Gasteiger partial charge in [0.1, 0.15) is 4.90 Å². The molecule has 29 heavy (non-hydrogen) atoms. The van der Waals surface area contributed by atoms with Crippen molar-refractivity contribution in [1.82, 2.24) is 8.61 Å². The third kappa shape index (κ3) is 4.43. The van der Waals surface area contributed by atoms with Gasteiger partial charge in [-0.2, -0.15) is 21.8 Å². The summed E-state index contributed by atoms with van der Waals surface area (Å²) in [5.41, 5.74) is -0.952. The first-order valence-corrected chi connectivity index (χ1v) is 11.6. The van der Waals surface area contributed by atoms with Gasteiger partial charge < -0.3 is 0 Å². The highest BCUT2D eigenvalue weighted by atomic mass is 35.5. The molecule has 0 radical (unpaired) electrons. The Morgan fingerprint density at radius 3 is 1.72 bits per heavy atom. The molecule has 0 atom stereocenters. The highest BCUT2D eigenvalue weighted by Gasteiger charge is 2.35. The lowest BCUT2D eigenvalue weighted by atomic mass is 10.2. The predicted molar refractivity (Wildman–Crippen MR) is 100 cm³/mol. The van der Waals surface area contributed by atoms with Crippen LogP contribution in [0.4, 0.5) is 13.2 Å². The van der Waals surface area contributed by atoms with Crippen molar-refractivity contribution in [2.45, 2.75) is 16.0 Å². The van der Waals surface area contributed by atoms with Crippen molar-refractivity contribution in [3.8, 4) is 0 Å². The van der Waals surface area contributed by atoms with Crippen molar-refractivity contribution < 1.29 is 30.0 Å². The van der Waals surface area contributed by atoms with Crippen LogP contribution in [-0.2, 0) is 26.2 Å². The van der Waals surface area contributed by atoms with Gasteiger partial charge in [0, 0.05) is 26.2 Å². The second-order valence-corrected chi connectivity index (χ2v) is 10.5. The summed E-state index contributed by atoms with van der Waals surface area (Å²) in [6.45, 7) is -0.471. The number of rotatable bonds is 4. The first kappa shape index (κ1) is 22.0. The van der Waals surface area contributed by atoms with Gasteiger partial charge in [0.05, 0.1) is 15.5 Å². The highest BCUT2D eigenvalue weighted by Crippen LogP contribution is 2.31. The van der Waals surface area contributed by atoms with Crippen molar-refractivity contribution in [1.29, 1.82) is 0 Å². The van der Waals surface area contributed by atoms with Crippen LogP contribution in [0.25, 0.3) is 0 Å². The smallest absolute Gasteiger partial charge is 0.207 e. The summed E-state index contributed by atoms with van der Waals surface area (Å²) in [4.78, 5) is -0.353. The number of alkyl halides is 3. The second kappa shape index (κ2) is 7.88. The van der Waals surface area contributed by atoms with E-state index in [1.807, 2.05) is 0 Å². The first-order chi connectivity index (χ1) is 13.4. The van der Waals surface area contributed by atoms with Crippen molar-refractivity contribution in [3.63, 3.8) is 0 Å². The van der Waals surface area contributed by atoms with Crippen LogP contribution in [0.1, 0.15) is 5.56 Å². The molecule has 12 heteroatoms. The summed E-state index contributed by atoms with van der Waals surface area (Å²) < 4.78 is 91.0. The van der Waals surface area contributed by atoms with E-state index in [2.05, 4.69) is 0 Å². The molecular weight excluding hydrogens is 453 g/mol. The molecule has 1 saturated heterocycles. The second-order valence-electron chi connectivity index (χ2n) is 6.26. The average molecular weight is 469 g/mol. The van der Waals surface area contributed by atoms with E-state index in [4.69, 9.17) is 11.6 Å². The van der Waals surface area contributed by atoms with E-state index in [0.717, 1.165) is 20.7 Å².